The summed E-state index contributed by atoms with van der Waals surface area (Å²) in [4.78, 5) is 14.1. The van der Waals surface area contributed by atoms with Crippen LogP contribution in [0.1, 0.15) is 12.5 Å². The maximum Gasteiger partial charge on any atom is 0.227 e. The highest BCUT2D eigenvalue weighted by Gasteiger charge is 2.21. The molecule has 106 valence electrons. The Labute approximate surface area is 120 Å². The van der Waals surface area contributed by atoms with Crippen molar-refractivity contribution in [1.82, 2.24) is 10.2 Å². The first-order valence-electron chi connectivity index (χ1n) is 6.33. The Kier molecular flexibility index (Phi) is 6.12. The molecule has 0 aliphatic carbocycles. The van der Waals surface area contributed by atoms with Crippen LogP contribution in [0.4, 0.5) is 0 Å². The van der Waals surface area contributed by atoms with Gasteiger partial charge in [0.25, 0.3) is 0 Å². The van der Waals surface area contributed by atoms with Crippen LogP contribution in [-0.2, 0) is 11.2 Å². The van der Waals surface area contributed by atoms with Gasteiger partial charge in [-0.15, -0.1) is 12.4 Å². The number of hydrogen-bond donors (Lipinski definition) is 1. The Morgan fingerprint density at radius 1 is 1.47 bits per heavy atom. The van der Waals surface area contributed by atoms with E-state index in [1.807, 2.05) is 29.2 Å². The average Bonchev–Trinajstić information content (AvgIpc) is 2.39. The Morgan fingerprint density at radius 3 is 2.89 bits per heavy atom. The molecule has 0 bridgehead atoms. The summed E-state index contributed by atoms with van der Waals surface area (Å²) in [5, 5.41) is 3.33. The number of amides is 1. The van der Waals surface area contributed by atoms with Crippen molar-refractivity contribution in [2.24, 2.45) is 0 Å². The first-order valence-corrected chi connectivity index (χ1v) is 6.33. The minimum atomic E-state index is 0. The molecule has 1 aromatic carbocycles. The van der Waals surface area contributed by atoms with Crippen LogP contribution in [0.25, 0.3) is 0 Å². The number of halogens is 1. The normalized spacial score (nSPS) is 18.6. The van der Waals surface area contributed by atoms with Crippen molar-refractivity contribution in [3.8, 4) is 5.75 Å². The number of rotatable bonds is 3. The van der Waals surface area contributed by atoms with E-state index in [4.69, 9.17) is 4.74 Å². The number of benzene rings is 1. The summed E-state index contributed by atoms with van der Waals surface area (Å²) in [5.41, 5.74) is 0.955. The Balaban J connectivity index is 0.00000180. The van der Waals surface area contributed by atoms with Gasteiger partial charge in [0.15, 0.2) is 0 Å². The predicted molar refractivity (Wildman–Crippen MR) is 78.0 cm³/mol. The summed E-state index contributed by atoms with van der Waals surface area (Å²) in [5.74, 6) is 0.960. The number of methoxy groups -OCH3 is 1. The second-order valence-electron chi connectivity index (χ2n) is 4.68. The number of carbonyl (C=O) groups is 1. The number of ether oxygens (including phenoxy) is 1. The monoisotopic (exact) mass is 284 g/mol. The molecule has 1 aromatic rings. The number of piperazine rings is 1. The fraction of sp³-hybridized carbons (Fsp3) is 0.500. The second-order valence-corrected chi connectivity index (χ2v) is 4.68. The molecule has 19 heavy (non-hydrogen) atoms. The average molecular weight is 285 g/mol. The number of nitrogens with one attached hydrogen (secondary N) is 1. The van der Waals surface area contributed by atoms with E-state index in [1.54, 1.807) is 7.11 Å². The maximum atomic E-state index is 12.2. The summed E-state index contributed by atoms with van der Waals surface area (Å²) >= 11 is 0. The lowest BCUT2D eigenvalue weighted by atomic mass is 10.1. The van der Waals surface area contributed by atoms with Gasteiger partial charge in [0, 0.05) is 31.2 Å². The van der Waals surface area contributed by atoms with E-state index in [2.05, 4.69) is 12.2 Å². The highest BCUT2D eigenvalue weighted by Crippen LogP contribution is 2.18. The molecule has 2 rings (SSSR count). The molecule has 1 amide bonds. The van der Waals surface area contributed by atoms with Gasteiger partial charge >= 0.3 is 0 Å². The topological polar surface area (TPSA) is 41.6 Å². The zero-order valence-corrected chi connectivity index (χ0v) is 12.2. The standard InChI is InChI=1S/C14H20N2O2.ClH/c1-11-10-16(8-7-15-11)14(17)9-12-5-3-4-6-13(12)18-2;/h3-6,11,15H,7-10H2,1-2H3;1H/t11-;/m0./s1. The largest absolute Gasteiger partial charge is 0.496 e. The van der Waals surface area contributed by atoms with Crippen LogP contribution >= 0.6 is 12.4 Å². The van der Waals surface area contributed by atoms with E-state index >= 15 is 0 Å². The highest BCUT2D eigenvalue weighted by atomic mass is 35.5. The van der Waals surface area contributed by atoms with E-state index in [0.717, 1.165) is 30.9 Å². The van der Waals surface area contributed by atoms with Gasteiger partial charge in [0.1, 0.15) is 5.75 Å². The summed E-state index contributed by atoms with van der Waals surface area (Å²) < 4.78 is 5.27. The molecule has 1 heterocycles. The van der Waals surface area contributed by atoms with Crippen LogP contribution in [0, 0.1) is 0 Å². The van der Waals surface area contributed by atoms with Gasteiger partial charge in [0.2, 0.25) is 5.91 Å². The SMILES string of the molecule is COc1ccccc1CC(=O)N1CCN[C@@H](C)C1.Cl. The van der Waals surface area contributed by atoms with Crippen LogP contribution < -0.4 is 10.1 Å². The lowest BCUT2D eigenvalue weighted by Crippen LogP contribution is -2.51. The van der Waals surface area contributed by atoms with Gasteiger partial charge in [-0.05, 0) is 13.0 Å². The summed E-state index contributed by atoms with van der Waals surface area (Å²) in [6, 6.07) is 8.07. The smallest absolute Gasteiger partial charge is 0.227 e. The van der Waals surface area contributed by atoms with Gasteiger partial charge in [-0.2, -0.15) is 0 Å². The zero-order chi connectivity index (χ0) is 13.0. The molecule has 1 saturated heterocycles. The molecule has 1 atom stereocenters. The molecule has 1 aliphatic heterocycles. The fourth-order valence-corrected chi connectivity index (χ4v) is 2.28. The van der Waals surface area contributed by atoms with Gasteiger partial charge < -0.3 is 15.0 Å². The number of hydrogen-bond acceptors (Lipinski definition) is 3. The van der Waals surface area contributed by atoms with Gasteiger partial charge in [-0.1, -0.05) is 18.2 Å². The maximum absolute atomic E-state index is 12.2. The molecule has 1 N–H and O–H groups in total. The third kappa shape index (κ3) is 4.11. The van der Waals surface area contributed by atoms with E-state index in [1.165, 1.54) is 0 Å². The number of carbonyl (C=O) groups excluding carboxylic acids is 1. The predicted octanol–water partition coefficient (Wildman–Crippen LogP) is 1.48. The molecule has 0 spiro atoms. The summed E-state index contributed by atoms with van der Waals surface area (Å²) in [7, 11) is 1.64. The minimum absolute atomic E-state index is 0. The van der Waals surface area contributed by atoms with Crippen molar-refractivity contribution in [2.75, 3.05) is 26.7 Å². The van der Waals surface area contributed by atoms with Gasteiger partial charge in [-0.25, -0.2) is 0 Å². The van der Waals surface area contributed by atoms with Crippen molar-refractivity contribution < 1.29 is 9.53 Å². The van der Waals surface area contributed by atoms with Gasteiger partial charge in [0.05, 0.1) is 13.5 Å². The van der Waals surface area contributed by atoms with E-state index in [9.17, 15) is 4.79 Å². The van der Waals surface area contributed by atoms with Crippen molar-refractivity contribution in [3.05, 3.63) is 29.8 Å². The van der Waals surface area contributed by atoms with Gasteiger partial charge in [-0.3, -0.25) is 4.79 Å². The Morgan fingerprint density at radius 2 is 2.21 bits per heavy atom. The number of nitrogens with zero attached hydrogens (tertiary/aromatic N) is 1. The van der Waals surface area contributed by atoms with Crippen molar-refractivity contribution in [3.63, 3.8) is 0 Å². The molecular formula is C14H21ClN2O2. The van der Waals surface area contributed by atoms with E-state index < -0.39 is 0 Å². The Bertz CT molecular complexity index is 426. The second kappa shape index (κ2) is 7.36. The molecule has 4 nitrogen and oxygen atoms in total. The van der Waals surface area contributed by atoms with Crippen LogP contribution in [-0.4, -0.2) is 43.6 Å². The molecule has 1 aliphatic rings. The first-order chi connectivity index (χ1) is 8.70. The number of para-hydroxylation sites is 1. The van der Waals surface area contributed by atoms with Crippen molar-refractivity contribution >= 4 is 18.3 Å². The van der Waals surface area contributed by atoms with Crippen LogP contribution in [0.15, 0.2) is 24.3 Å². The molecule has 0 aromatic heterocycles. The van der Waals surface area contributed by atoms with Crippen molar-refractivity contribution in [1.29, 1.82) is 0 Å². The fourth-order valence-electron chi connectivity index (χ4n) is 2.28. The Hall–Kier alpha value is -1.26. The molecule has 0 saturated carbocycles. The first kappa shape index (κ1) is 15.8. The summed E-state index contributed by atoms with van der Waals surface area (Å²) in [6.45, 7) is 4.55. The van der Waals surface area contributed by atoms with Crippen LogP contribution in [0.2, 0.25) is 0 Å². The molecule has 0 radical (unpaired) electrons. The highest BCUT2D eigenvalue weighted by molar-refractivity contribution is 5.85. The van der Waals surface area contributed by atoms with Crippen LogP contribution in [0.3, 0.4) is 0 Å². The van der Waals surface area contributed by atoms with Crippen molar-refractivity contribution in [2.45, 2.75) is 19.4 Å². The lowest BCUT2D eigenvalue weighted by molar-refractivity contribution is -0.131. The molecular weight excluding hydrogens is 264 g/mol. The zero-order valence-electron chi connectivity index (χ0n) is 11.4. The third-order valence-corrected chi connectivity index (χ3v) is 3.26. The quantitative estimate of drug-likeness (QED) is 0.914. The summed E-state index contributed by atoms with van der Waals surface area (Å²) in [6.07, 6.45) is 0.413. The minimum Gasteiger partial charge on any atom is -0.496 e. The van der Waals surface area contributed by atoms with E-state index in [-0.39, 0.29) is 18.3 Å². The lowest BCUT2D eigenvalue weighted by Gasteiger charge is -2.32. The molecule has 1 fully saturated rings. The van der Waals surface area contributed by atoms with E-state index in [0.29, 0.717) is 12.5 Å². The molecule has 0 unspecified atom stereocenters. The molecule has 5 heteroatoms. The van der Waals surface area contributed by atoms with Crippen LogP contribution in [0.5, 0.6) is 5.75 Å². The third-order valence-electron chi connectivity index (χ3n) is 3.26.